The van der Waals surface area contributed by atoms with Crippen molar-refractivity contribution in [2.75, 3.05) is 23.7 Å². The lowest BCUT2D eigenvalue weighted by Crippen LogP contribution is -2.48. The van der Waals surface area contributed by atoms with E-state index in [2.05, 4.69) is 17.4 Å². The van der Waals surface area contributed by atoms with Gasteiger partial charge in [0.25, 0.3) is 5.91 Å². The molecule has 0 aromatic heterocycles. The Balaban J connectivity index is 1.46. The second-order valence-electron chi connectivity index (χ2n) is 6.02. The highest BCUT2D eigenvalue weighted by Gasteiger charge is 2.32. The Morgan fingerprint density at radius 2 is 1.88 bits per heavy atom. The first kappa shape index (κ1) is 18.3. The van der Waals surface area contributed by atoms with E-state index in [1.807, 2.05) is 36.4 Å². The van der Waals surface area contributed by atoms with Crippen molar-refractivity contribution >= 4 is 29.3 Å². The lowest BCUT2D eigenvalue weighted by Gasteiger charge is -2.32. The summed E-state index contributed by atoms with van der Waals surface area (Å²) in [6.45, 7) is 2.30. The first-order valence-corrected chi connectivity index (χ1v) is 9.65. The topological polar surface area (TPSA) is 58.6 Å². The van der Waals surface area contributed by atoms with E-state index >= 15 is 0 Å². The molecule has 0 saturated heterocycles. The molecule has 2 aromatic rings. The number of carbonyl (C=O) groups is 2. The minimum Gasteiger partial charge on any atom is -0.479 e. The normalized spacial score (nSPS) is 16.0. The van der Waals surface area contributed by atoms with Crippen LogP contribution in [0.25, 0.3) is 0 Å². The van der Waals surface area contributed by atoms with Crippen LogP contribution in [0.1, 0.15) is 13.3 Å². The molecule has 136 valence electrons. The number of anilines is 1. The SMILES string of the molecule is CC1Oc2ccccc2N(CC(=O)NCCCSc2ccccc2)C1=O. The predicted molar refractivity (Wildman–Crippen MR) is 104 cm³/mol. The standard InChI is InChI=1S/C20H22N2O3S/c1-15-20(24)22(17-10-5-6-11-18(17)25-15)14-19(23)21-12-7-13-26-16-8-3-2-4-9-16/h2-6,8-11,15H,7,12-14H2,1H3,(H,21,23). The van der Waals surface area contributed by atoms with Crippen molar-refractivity contribution in [3.63, 3.8) is 0 Å². The average molecular weight is 370 g/mol. The summed E-state index contributed by atoms with van der Waals surface area (Å²) in [5.74, 6) is 1.21. The second-order valence-corrected chi connectivity index (χ2v) is 7.19. The number of hydrogen-bond acceptors (Lipinski definition) is 4. The van der Waals surface area contributed by atoms with E-state index in [1.165, 1.54) is 9.80 Å². The summed E-state index contributed by atoms with van der Waals surface area (Å²) in [6.07, 6.45) is 0.287. The second kappa shape index (κ2) is 8.76. The highest BCUT2D eigenvalue weighted by atomic mass is 32.2. The van der Waals surface area contributed by atoms with E-state index < -0.39 is 6.10 Å². The van der Waals surface area contributed by atoms with E-state index in [-0.39, 0.29) is 18.4 Å². The van der Waals surface area contributed by atoms with Crippen molar-refractivity contribution in [2.45, 2.75) is 24.3 Å². The lowest BCUT2D eigenvalue weighted by molar-refractivity contribution is -0.128. The molecule has 2 aromatic carbocycles. The zero-order chi connectivity index (χ0) is 18.4. The van der Waals surface area contributed by atoms with Crippen molar-refractivity contribution in [1.82, 2.24) is 5.32 Å². The number of thioether (sulfide) groups is 1. The van der Waals surface area contributed by atoms with Gasteiger partial charge in [0.15, 0.2) is 6.10 Å². The molecule has 1 atom stereocenters. The van der Waals surface area contributed by atoms with E-state index in [4.69, 9.17) is 4.74 Å². The van der Waals surface area contributed by atoms with Crippen LogP contribution in [-0.4, -0.2) is 36.8 Å². The fraction of sp³-hybridized carbons (Fsp3) is 0.300. The van der Waals surface area contributed by atoms with Crippen LogP contribution in [0.4, 0.5) is 5.69 Å². The fourth-order valence-corrected chi connectivity index (χ4v) is 3.60. The zero-order valence-corrected chi connectivity index (χ0v) is 15.5. The van der Waals surface area contributed by atoms with Crippen LogP contribution in [0, 0.1) is 0 Å². The summed E-state index contributed by atoms with van der Waals surface area (Å²) in [5, 5.41) is 2.90. The number of nitrogens with zero attached hydrogens (tertiary/aromatic N) is 1. The smallest absolute Gasteiger partial charge is 0.268 e. The zero-order valence-electron chi connectivity index (χ0n) is 14.7. The molecule has 1 N–H and O–H groups in total. The van der Waals surface area contributed by atoms with Crippen molar-refractivity contribution in [3.8, 4) is 5.75 Å². The molecule has 1 unspecified atom stereocenters. The van der Waals surface area contributed by atoms with Gasteiger partial charge in [-0.25, -0.2) is 0 Å². The maximum Gasteiger partial charge on any atom is 0.268 e. The Labute approximate surface area is 157 Å². The molecule has 0 saturated carbocycles. The van der Waals surface area contributed by atoms with E-state index in [9.17, 15) is 9.59 Å². The van der Waals surface area contributed by atoms with Crippen LogP contribution in [0.15, 0.2) is 59.5 Å². The van der Waals surface area contributed by atoms with Gasteiger partial charge in [0.05, 0.1) is 5.69 Å². The number of carbonyl (C=O) groups excluding carboxylic acids is 2. The van der Waals surface area contributed by atoms with Crippen LogP contribution in [0.2, 0.25) is 0 Å². The van der Waals surface area contributed by atoms with Gasteiger partial charge in [-0.15, -0.1) is 11.8 Å². The Bertz CT molecular complexity index is 767. The minimum absolute atomic E-state index is 0.00930. The summed E-state index contributed by atoms with van der Waals surface area (Å²) in [5.41, 5.74) is 0.644. The maximum absolute atomic E-state index is 12.4. The van der Waals surface area contributed by atoms with E-state index in [1.54, 1.807) is 24.8 Å². The molecule has 0 spiro atoms. The largest absolute Gasteiger partial charge is 0.479 e. The number of hydrogen-bond donors (Lipinski definition) is 1. The summed E-state index contributed by atoms with van der Waals surface area (Å²) >= 11 is 1.77. The molecule has 1 aliphatic heterocycles. The van der Waals surface area contributed by atoms with Gasteiger partial charge in [-0.1, -0.05) is 30.3 Å². The van der Waals surface area contributed by atoms with E-state index in [0.717, 1.165) is 12.2 Å². The monoisotopic (exact) mass is 370 g/mol. The molecule has 2 amide bonds. The fourth-order valence-electron chi connectivity index (χ4n) is 2.73. The highest BCUT2D eigenvalue weighted by molar-refractivity contribution is 7.99. The summed E-state index contributed by atoms with van der Waals surface area (Å²) in [7, 11) is 0. The molecule has 1 heterocycles. The quantitative estimate of drug-likeness (QED) is 0.601. The van der Waals surface area contributed by atoms with Gasteiger partial charge in [0, 0.05) is 11.4 Å². The lowest BCUT2D eigenvalue weighted by atomic mass is 10.2. The molecule has 0 aliphatic carbocycles. The molecule has 26 heavy (non-hydrogen) atoms. The third-order valence-corrected chi connectivity index (χ3v) is 5.13. The third-order valence-electron chi connectivity index (χ3n) is 4.03. The van der Waals surface area contributed by atoms with Gasteiger partial charge < -0.3 is 10.1 Å². The summed E-state index contributed by atoms with van der Waals surface area (Å²) in [6, 6.07) is 17.5. The minimum atomic E-state index is -0.583. The number of amides is 2. The van der Waals surface area contributed by atoms with Gasteiger partial charge in [-0.3, -0.25) is 14.5 Å². The number of benzene rings is 2. The Kier molecular flexibility index (Phi) is 6.17. The molecular formula is C20H22N2O3S. The van der Waals surface area contributed by atoms with Gasteiger partial charge in [0.2, 0.25) is 5.91 Å². The van der Waals surface area contributed by atoms with Crippen molar-refractivity contribution in [2.24, 2.45) is 0 Å². The van der Waals surface area contributed by atoms with Crippen LogP contribution in [-0.2, 0) is 9.59 Å². The van der Waals surface area contributed by atoms with Crippen LogP contribution < -0.4 is 15.0 Å². The maximum atomic E-state index is 12.4. The highest BCUT2D eigenvalue weighted by Crippen LogP contribution is 2.33. The summed E-state index contributed by atoms with van der Waals surface area (Å²) < 4.78 is 5.59. The van der Waals surface area contributed by atoms with Crippen LogP contribution in [0.3, 0.4) is 0 Å². The number of ether oxygens (including phenoxy) is 1. The number of rotatable bonds is 7. The number of nitrogens with one attached hydrogen (secondary N) is 1. The molecule has 1 aliphatic rings. The summed E-state index contributed by atoms with van der Waals surface area (Å²) in [4.78, 5) is 27.4. The molecule has 3 rings (SSSR count). The average Bonchev–Trinajstić information content (AvgIpc) is 2.66. The molecule has 5 nitrogen and oxygen atoms in total. The third kappa shape index (κ3) is 4.58. The molecule has 6 heteroatoms. The molecule has 0 fully saturated rings. The number of para-hydroxylation sites is 2. The van der Waals surface area contributed by atoms with Crippen LogP contribution in [0.5, 0.6) is 5.75 Å². The van der Waals surface area contributed by atoms with E-state index in [0.29, 0.717) is 18.0 Å². The molecule has 0 bridgehead atoms. The van der Waals surface area contributed by atoms with Gasteiger partial charge in [0.1, 0.15) is 12.3 Å². The first-order chi connectivity index (χ1) is 12.6. The molecular weight excluding hydrogens is 348 g/mol. The van der Waals surface area contributed by atoms with Crippen molar-refractivity contribution < 1.29 is 14.3 Å². The predicted octanol–water partition coefficient (Wildman–Crippen LogP) is 3.10. The molecule has 0 radical (unpaired) electrons. The number of fused-ring (bicyclic) bond motifs is 1. The van der Waals surface area contributed by atoms with Crippen molar-refractivity contribution in [1.29, 1.82) is 0 Å². The van der Waals surface area contributed by atoms with Crippen molar-refractivity contribution in [3.05, 3.63) is 54.6 Å². The first-order valence-electron chi connectivity index (χ1n) is 8.67. The van der Waals surface area contributed by atoms with Gasteiger partial charge >= 0.3 is 0 Å². The Hall–Kier alpha value is -2.47. The Morgan fingerprint density at radius 1 is 1.15 bits per heavy atom. The Morgan fingerprint density at radius 3 is 2.69 bits per heavy atom. The van der Waals surface area contributed by atoms with Gasteiger partial charge in [-0.05, 0) is 43.4 Å². The van der Waals surface area contributed by atoms with Crippen LogP contribution >= 0.6 is 11.8 Å². The van der Waals surface area contributed by atoms with Gasteiger partial charge in [-0.2, -0.15) is 0 Å².